The summed E-state index contributed by atoms with van der Waals surface area (Å²) in [5.41, 5.74) is 0. The number of ether oxygens (including phenoxy) is 3. The molecule has 2 rings (SSSR count). The standard InChI is InChI=1S/C22H40O5Si/c1-15(16(2)27-28(8,9)21(3,4)5)11-10-12-17-14-24-18(13-23)20-19(17)25-22(6,7)26-20/h10-11,13,15-20H,12,14H2,1-9H3/b11-10+/t15-,16+,17+,18+,19-,20+/m1/s1. The van der Waals surface area contributed by atoms with Crippen molar-refractivity contribution in [3.05, 3.63) is 12.2 Å². The minimum absolute atomic E-state index is 0.111. The molecule has 0 saturated carbocycles. The van der Waals surface area contributed by atoms with Crippen molar-refractivity contribution in [1.29, 1.82) is 0 Å². The van der Waals surface area contributed by atoms with Crippen LogP contribution in [0.4, 0.5) is 0 Å². The van der Waals surface area contributed by atoms with Crippen molar-refractivity contribution in [1.82, 2.24) is 0 Å². The molecule has 6 heteroatoms. The van der Waals surface area contributed by atoms with E-state index in [1.165, 1.54) is 0 Å². The molecule has 5 nitrogen and oxygen atoms in total. The predicted octanol–water partition coefficient (Wildman–Crippen LogP) is 4.71. The van der Waals surface area contributed by atoms with E-state index < -0.39 is 20.2 Å². The minimum Gasteiger partial charge on any atom is -0.414 e. The van der Waals surface area contributed by atoms with Crippen molar-refractivity contribution >= 4 is 14.6 Å². The van der Waals surface area contributed by atoms with Gasteiger partial charge in [0, 0.05) is 12.0 Å². The van der Waals surface area contributed by atoms with Crippen molar-refractivity contribution in [2.24, 2.45) is 11.8 Å². The Hall–Kier alpha value is -0.533. The first kappa shape index (κ1) is 23.7. The highest BCUT2D eigenvalue weighted by Crippen LogP contribution is 2.39. The fourth-order valence-corrected chi connectivity index (χ4v) is 5.05. The largest absolute Gasteiger partial charge is 0.414 e. The van der Waals surface area contributed by atoms with Crippen LogP contribution in [0.3, 0.4) is 0 Å². The van der Waals surface area contributed by atoms with E-state index in [0.717, 1.165) is 12.7 Å². The van der Waals surface area contributed by atoms with Crippen LogP contribution in [0.5, 0.6) is 0 Å². The Morgan fingerprint density at radius 2 is 1.79 bits per heavy atom. The van der Waals surface area contributed by atoms with Crippen molar-refractivity contribution in [2.75, 3.05) is 6.61 Å². The zero-order valence-corrected chi connectivity index (χ0v) is 20.2. The molecule has 0 spiro atoms. The summed E-state index contributed by atoms with van der Waals surface area (Å²) in [6.07, 6.45) is 5.31. The van der Waals surface area contributed by atoms with Crippen LogP contribution in [0.15, 0.2) is 12.2 Å². The summed E-state index contributed by atoms with van der Waals surface area (Å²) in [7, 11) is -1.77. The second-order valence-electron chi connectivity index (χ2n) is 10.4. The highest BCUT2D eigenvalue weighted by Gasteiger charge is 2.51. The van der Waals surface area contributed by atoms with Gasteiger partial charge in [-0.3, -0.25) is 0 Å². The smallest absolute Gasteiger partial charge is 0.192 e. The van der Waals surface area contributed by atoms with Gasteiger partial charge in [0.05, 0.1) is 12.7 Å². The van der Waals surface area contributed by atoms with Gasteiger partial charge in [0.2, 0.25) is 0 Å². The van der Waals surface area contributed by atoms with Crippen molar-refractivity contribution in [3.63, 3.8) is 0 Å². The lowest BCUT2D eigenvalue weighted by molar-refractivity contribution is -0.156. The molecule has 0 radical (unpaired) electrons. The molecular formula is C22H40O5Si. The first-order valence-electron chi connectivity index (χ1n) is 10.5. The molecule has 2 fully saturated rings. The quantitative estimate of drug-likeness (QED) is 0.344. The lowest BCUT2D eigenvalue weighted by Gasteiger charge is -2.39. The summed E-state index contributed by atoms with van der Waals surface area (Å²) >= 11 is 0. The molecule has 2 aliphatic heterocycles. The zero-order valence-electron chi connectivity index (χ0n) is 19.2. The van der Waals surface area contributed by atoms with Crippen LogP contribution in [0.2, 0.25) is 18.1 Å². The maximum atomic E-state index is 11.3. The lowest BCUT2D eigenvalue weighted by Crippen LogP contribution is -2.48. The van der Waals surface area contributed by atoms with Gasteiger partial charge >= 0.3 is 0 Å². The normalized spacial score (nSPS) is 32.9. The summed E-state index contributed by atoms with van der Waals surface area (Å²) in [6, 6.07) is 0. The first-order valence-corrected chi connectivity index (χ1v) is 13.5. The molecule has 6 atom stereocenters. The summed E-state index contributed by atoms with van der Waals surface area (Å²) in [6.45, 7) is 20.1. The zero-order chi connectivity index (χ0) is 21.3. The van der Waals surface area contributed by atoms with Gasteiger partial charge in [0.25, 0.3) is 0 Å². The number of rotatable bonds is 7. The second kappa shape index (κ2) is 8.68. The monoisotopic (exact) mass is 412 g/mol. The molecule has 28 heavy (non-hydrogen) atoms. The molecule has 0 aliphatic carbocycles. The van der Waals surface area contributed by atoms with Crippen molar-refractivity contribution < 1.29 is 23.4 Å². The van der Waals surface area contributed by atoms with E-state index in [1.54, 1.807) is 0 Å². The van der Waals surface area contributed by atoms with Gasteiger partial charge in [0.1, 0.15) is 12.2 Å². The number of hydrogen-bond acceptors (Lipinski definition) is 5. The molecule has 2 aliphatic rings. The predicted molar refractivity (Wildman–Crippen MR) is 114 cm³/mol. The topological polar surface area (TPSA) is 54.0 Å². The average Bonchev–Trinajstić information content (AvgIpc) is 2.88. The molecule has 0 aromatic rings. The number of allylic oxidation sites excluding steroid dienone is 1. The molecule has 2 heterocycles. The van der Waals surface area contributed by atoms with Crippen molar-refractivity contribution in [2.45, 2.75) is 103 Å². The third-order valence-corrected chi connectivity index (χ3v) is 11.1. The molecule has 0 amide bonds. The number of aldehydes is 1. The van der Waals surface area contributed by atoms with Gasteiger partial charge in [0.15, 0.2) is 20.4 Å². The number of carbonyl (C=O) groups is 1. The van der Waals surface area contributed by atoms with Gasteiger partial charge in [-0.1, -0.05) is 39.8 Å². The minimum atomic E-state index is -1.77. The van der Waals surface area contributed by atoms with Gasteiger partial charge in [-0.25, -0.2) is 0 Å². The Balaban J connectivity index is 1.93. The Bertz CT molecular complexity index is 566. The van der Waals surface area contributed by atoms with Crippen LogP contribution in [0.25, 0.3) is 0 Å². The Labute approximate surface area is 172 Å². The molecule has 0 N–H and O–H groups in total. The second-order valence-corrected chi connectivity index (χ2v) is 15.1. The Morgan fingerprint density at radius 3 is 2.36 bits per heavy atom. The number of carbonyl (C=O) groups excluding carboxylic acids is 1. The van der Waals surface area contributed by atoms with E-state index in [4.69, 9.17) is 18.6 Å². The van der Waals surface area contributed by atoms with Crippen LogP contribution in [-0.2, 0) is 23.4 Å². The highest BCUT2D eigenvalue weighted by atomic mass is 28.4. The first-order chi connectivity index (χ1) is 12.8. The SMILES string of the molecule is C[C@H](/C=C/C[C@H]1CO[C@@H](C=O)[C@@H]2OC(C)(C)O[C@H]12)[C@H](C)O[Si](C)(C)C(C)(C)C. The Kier molecular flexibility index (Phi) is 7.36. The van der Waals surface area contributed by atoms with E-state index in [-0.39, 0.29) is 29.3 Å². The molecular weight excluding hydrogens is 372 g/mol. The van der Waals surface area contributed by atoms with E-state index in [9.17, 15) is 4.79 Å². The number of hydrogen-bond donors (Lipinski definition) is 0. The molecule has 2 saturated heterocycles. The highest BCUT2D eigenvalue weighted by molar-refractivity contribution is 6.74. The fourth-order valence-electron chi connectivity index (χ4n) is 3.55. The average molecular weight is 413 g/mol. The molecule has 0 bridgehead atoms. The van der Waals surface area contributed by atoms with Gasteiger partial charge < -0.3 is 23.4 Å². The van der Waals surface area contributed by atoms with Crippen LogP contribution < -0.4 is 0 Å². The van der Waals surface area contributed by atoms with E-state index >= 15 is 0 Å². The van der Waals surface area contributed by atoms with Gasteiger partial charge in [-0.2, -0.15) is 0 Å². The third kappa shape index (κ3) is 5.54. The van der Waals surface area contributed by atoms with Gasteiger partial charge in [-0.15, -0.1) is 0 Å². The maximum Gasteiger partial charge on any atom is 0.192 e. The van der Waals surface area contributed by atoms with E-state index in [1.807, 2.05) is 13.8 Å². The van der Waals surface area contributed by atoms with Crippen LogP contribution in [-0.4, -0.2) is 51.4 Å². The van der Waals surface area contributed by atoms with E-state index in [0.29, 0.717) is 12.5 Å². The lowest BCUT2D eigenvalue weighted by atomic mass is 9.89. The summed E-state index contributed by atoms with van der Waals surface area (Å²) in [4.78, 5) is 11.3. The number of fused-ring (bicyclic) bond motifs is 1. The molecule has 0 aromatic carbocycles. The van der Waals surface area contributed by atoms with Crippen LogP contribution >= 0.6 is 0 Å². The fraction of sp³-hybridized carbons (Fsp3) is 0.864. The molecule has 0 aromatic heterocycles. The summed E-state index contributed by atoms with van der Waals surface area (Å²) in [5.74, 6) is -0.164. The summed E-state index contributed by atoms with van der Waals surface area (Å²) < 4.78 is 24.3. The molecule has 0 unspecified atom stereocenters. The van der Waals surface area contributed by atoms with E-state index in [2.05, 4.69) is 59.9 Å². The van der Waals surface area contributed by atoms with Gasteiger partial charge in [-0.05, 0) is 51.2 Å². The Morgan fingerprint density at radius 1 is 1.18 bits per heavy atom. The summed E-state index contributed by atoms with van der Waals surface area (Å²) in [5, 5.41) is 0.209. The maximum absolute atomic E-state index is 11.3. The van der Waals surface area contributed by atoms with Crippen LogP contribution in [0, 0.1) is 11.8 Å². The molecule has 162 valence electrons. The third-order valence-electron chi connectivity index (χ3n) is 6.49. The van der Waals surface area contributed by atoms with Crippen molar-refractivity contribution in [3.8, 4) is 0 Å². The van der Waals surface area contributed by atoms with Crippen LogP contribution in [0.1, 0.15) is 54.9 Å².